The van der Waals surface area contributed by atoms with E-state index in [9.17, 15) is 4.79 Å². The third-order valence-electron chi connectivity index (χ3n) is 2.14. The van der Waals surface area contributed by atoms with E-state index in [-0.39, 0.29) is 24.7 Å². The van der Waals surface area contributed by atoms with Crippen molar-refractivity contribution in [2.45, 2.75) is 25.0 Å². The Kier molecular flexibility index (Phi) is 4.86. The number of carbonyl (C=O) groups excluding carboxylic acids is 1. The summed E-state index contributed by atoms with van der Waals surface area (Å²) in [5, 5.41) is 11.7. The van der Waals surface area contributed by atoms with Gasteiger partial charge in [-0.05, 0) is 12.8 Å². The van der Waals surface area contributed by atoms with Gasteiger partial charge >= 0.3 is 0 Å². The van der Waals surface area contributed by atoms with Crippen molar-refractivity contribution in [3.8, 4) is 0 Å². The van der Waals surface area contributed by atoms with Crippen molar-refractivity contribution >= 4 is 5.91 Å². The zero-order valence-electron chi connectivity index (χ0n) is 8.36. The predicted octanol–water partition coefficient (Wildman–Crippen LogP) is -0.711. The van der Waals surface area contributed by atoms with Gasteiger partial charge in [0.15, 0.2) is 0 Å². The maximum atomic E-state index is 11.2. The highest BCUT2D eigenvalue weighted by Gasteiger charge is 2.28. The monoisotopic (exact) mass is 203 g/mol. The minimum absolute atomic E-state index is 0.0654. The second-order valence-electron chi connectivity index (χ2n) is 3.44. The largest absolute Gasteiger partial charge is 0.393 e. The molecule has 0 bridgehead atoms. The number of aliphatic hydroxyl groups is 1. The van der Waals surface area contributed by atoms with Crippen LogP contribution in [-0.2, 0) is 14.3 Å². The van der Waals surface area contributed by atoms with Crippen LogP contribution in [0.5, 0.6) is 0 Å². The number of aliphatic hydroxyl groups excluding tert-OH is 1. The Hall–Kier alpha value is -0.650. The Balaban J connectivity index is 1.94. The summed E-state index contributed by atoms with van der Waals surface area (Å²) in [5.74, 6) is -0.127. The zero-order valence-corrected chi connectivity index (χ0v) is 8.36. The lowest BCUT2D eigenvalue weighted by molar-refractivity contribution is -0.128. The molecule has 1 aliphatic rings. The summed E-state index contributed by atoms with van der Waals surface area (Å²) in [7, 11) is 1.58. The Labute approximate surface area is 83.4 Å². The van der Waals surface area contributed by atoms with Crippen LogP contribution >= 0.6 is 0 Å². The van der Waals surface area contributed by atoms with Gasteiger partial charge in [-0.2, -0.15) is 0 Å². The maximum Gasteiger partial charge on any atom is 0.246 e. The van der Waals surface area contributed by atoms with E-state index in [1.165, 1.54) is 0 Å². The van der Waals surface area contributed by atoms with Crippen LogP contribution in [-0.4, -0.2) is 50.1 Å². The molecule has 0 spiro atoms. The summed E-state index contributed by atoms with van der Waals surface area (Å²) in [5.41, 5.74) is 0. The van der Waals surface area contributed by atoms with Crippen LogP contribution in [0.4, 0.5) is 0 Å². The van der Waals surface area contributed by atoms with E-state index in [1.807, 2.05) is 0 Å². The molecule has 0 radical (unpaired) electrons. The molecule has 0 saturated heterocycles. The van der Waals surface area contributed by atoms with Crippen LogP contribution in [0.1, 0.15) is 12.8 Å². The molecule has 14 heavy (non-hydrogen) atoms. The molecule has 1 saturated carbocycles. The minimum Gasteiger partial charge on any atom is -0.393 e. The summed E-state index contributed by atoms with van der Waals surface area (Å²) in [4.78, 5) is 11.2. The van der Waals surface area contributed by atoms with Gasteiger partial charge in [0.1, 0.15) is 6.61 Å². The first-order chi connectivity index (χ1) is 6.72. The van der Waals surface area contributed by atoms with Gasteiger partial charge in [0.2, 0.25) is 5.91 Å². The van der Waals surface area contributed by atoms with Crippen LogP contribution in [0.3, 0.4) is 0 Å². The van der Waals surface area contributed by atoms with Gasteiger partial charge < -0.3 is 19.9 Å². The third-order valence-corrected chi connectivity index (χ3v) is 2.14. The molecule has 2 N–H and O–H groups in total. The molecule has 1 amide bonds. The van der Waals surface area contributed by atoms with Gasteiger partial charge in [0, 0.05) is 13.2 Å². The SMILES string of the molecule is COCCOCC(=O)NC1CC(O)C1. The fourth-order valence-corrected chi connectivity index (χ4v) is 1.28. The molecule has 82 valence electrons. The lowest BCUT2D eigenvalue weighted by Gasteiger charge is -2.31. The quantitative estimate of drug-likeness (QED) is 0.559. The maximum absolute atomic E-state index is 11.2. The Morgan fingerprint density at radius 3 is 2.79 bits per heavy atom. The fourth-order valence-electron chi connectivity index (χ4n) is 1.28. The highest BCUT2D eigenvalue weighted by atomic mass is 16.5. The minimum atomic E-state index is -0.241. The highest BCUT2D eigenvalue weighted by molar-refractivity contribution is 5.77. The number of amides is 1. The Morgan fingerprint density at radius 2 is 2.21 bits per heavy atom. The molecule has 0 heterocycles. The summed E-state index contributed by atoms with van der Waals surface area (Å²) < 4.78 is 9.79. The van der Waals surface area contributed by atoms with Crippen molar-refractivity contribution in [2.24, 2.45) is 0 Å². The second-order valence-corrected chi connectivity index (χ2v) is 3.44. The third kappa shape index (κ3) is 4.04. The molecule has 5 heteroatoms. The average molecular weight is 203 g/mol. The smallest absolute Gasteiger partial charge is 0.246 e. The molecule has 1 aliphatic carbocycles. The topological polar surface area (TPSA) is 67.8 Å². The number of hydrogen-bond donors (Lipinski definition) is 2. The van der Waals surface area contributed by atoms with Crippen LogP contribution in [0.2, 0.25) is 0 Å². The first-order valence-electron chi connectivity index (χ1n) is 4.76. The van der Waals surface area contributed by atoms with Crippen molar-refractivity contribution in [1.82, 2.24) is 5.32 Å². The van der Waals surface area contributed by atoms with Crippen LogP contribution in [0.15, 0.2) is 0 Å². The number of carbonyl (C=O) groups is 1. The molecule has 0 aromatic heterocycles. The van der Waals surface area contributed by atoms with Crippen LogP contribution < -0.4 is 5.32 Å². The second kappa shape index (κ2) is 5.95. The van der Waals surface area contributed by atoms with E-state index in [4.69, 9.17) is 14.6 Å². The van der Waals surface area contributed by atoms with Gasteiger partial charge in [0.25, 0.3) is 0 Å². The van der Waals surface area contributed by atoms with Gasteiger partial charge in [-0.1, -0.05) is 0 Å². The first-order valence-corrected chi connectivity index (χ1v) is 4.76. The molecule has 0 aromatic carbocycles. The predicted molar refractivity (Wildman–Crippen MR) is 49.9 cm³/mol. The number of rotatable bonds is 6. The summed E-state index contributed by atoms with van der Waals surface area (Å²) in [6.07, 6.45) is 1.07. The lowest BCUT2D eigenvalue weighted by Crippen LogP contribution is -2.47. The number of hydrogen-bond acceptors (Lipinski definition) is 4. The van der Waals surface area contributed by atoms with Crippen molar-refractivity contribution < 1.29 is 19.4 Å². The fraction of sp³-hybridized carbons (Fsp3) is 0.889. The van der Waals surface area contributed by atoms with Crippen molar-refractivity contribution in [2.75, 3.05) is 26.9 Å². The Bertz CT molecular complexity index is 180. The standard InChI is InChI=1S/C9H17NO4/c1-13-2-3-14-6-9(12)10-7-4-8(11)5-7/h7-8,11H,2-6H2,1H3,(H,10,12). The van der Waals surface area contributed by atoms with Gasteiger partial charge in [-0.3, -0.25) is 4.79 Å². The average Bonchev–Trinajstić information content (AvgIpc) is 2.10. The Morgan fingerprint density at radius 1 is 1.50 bits per heavy atom. The highest BCUT2D eigenvalue weighted by Crippen LogP contribution is 2.18. The molecular weight excluding hydrogens is 186 g/mol. The van der Waals surface area contributed by atoms with E-state index in [2.05, 4.69) is 5.32 Å². The summed E-state index contributed by atoms with van der Waals surface area (Å²) in [6.45, 7) is 0.989. The normalized spacial score (nSPS) is 25.6. The van der Waals surface area contributed by atoms with E-state index in [1.54, 1.807) is 7.11 Å². The van der Waals surface area contributed by atoms with Gasteiger partial charge in [0.05, 0.1) is 19.3 Å². The number of ether oxygens (including phenoxy) is 2. The zero-order chi connectivity index (χ0) is 10.4. The van der Waals surface area contributed by atoms with Crippen molar-refractivity contribution in [3.05, 3.63) is 0 Å². The number of nitrogens with one attached hydrogen (secondary N) is 1. The lowest BCUT2D eigenvalue weighted by atomic mass is 9.89. The van der Waals surface area contributed by atoms with Gasteiger partial charge in [-0.15, -0.1) is 0 Å². The van der Waals surface area contributed by atoms with E-state index in [0.717, 1.165) is 0 Å². The molecule has 5 nitrogen and oxygen atoms in total. The molecular formula is C9H17NO4. The van der Waals surface area contributed by atoms with Crippen LogP contribution in [0.25, 0.3) is 0 Å². The van der Waals surface area contributed by atoms with Crippen LogP contribution in [0, 0.1) is 0 Å². The summed E-state index contributed by atoms with van der Waals surface area (Å²) in [6, 6.07) is 0.128. The molecule has 1 fully saturated rings. The molecule has 0 aromatic rings. The van der Waals surface area contributed by atoms with Gasteiger partial charge in [-0.25, -0.2) is 0 Å². The molecule has 0 aliphatic heterocycles. The molecule has 1 rings (SSSR count). The van der Waals surface area contributed by atoms with Crippen molar-refractivity contribution in [3.63, 3.8) is 0 Å². The van der Waals surface area contributed by atoms with E-state index < -0.39 is 0 Å². The van der Waals surface area contributed by atoms with Crippen molar-refractivity contribution in [1.29, 1.82) is 0 Å². The van der Waals surface area contributed by atoms with E-state index >= 15 is 0 Å². The summed E-state index contributed by atoms with van der Waals surface area (Å²) >= 11 is 0. The molecule has 0 unspecified atom stereocenters. The number of methoxy groups -OCH3 is 1. The molecule has 0 atom stereocenters. The first kappa shape index (κ1) is 11.4. The van der Waals surface area contributed by atoms with E-state index in [0.29, 0.717) is 26.1 Å².